The van der Waals surface area contributed by atoms with Crippen LogP contribution in [0.2, 0.25) is 0 Å². The van der Waals surface area contributed by atoms with Crippen molar-refractivity contribution < 1.29 is 22.0 Å². The van der Waals surface area contributed by atoms with E-state index in [2.05, 4.69) is 0 Å². The molecule has 0 aliphatic heterocycles. The lowest BCUT2D eigenvalue weighted by molar-refractivity contribution is -0.137. The molecule has 0 aromatic heterocycles. The molecule has 0 fully saturated rings. The van der Waals surface area contributed by atoms with Crippen molar-refractivity contribution in [2.24, 2.45) is 0 Å². The minimum absolute atomic E-state index is 0.211. The normalized spacial score (nSPS) is 11.6. The van der Waals surface area contributed by atoms with Gasteiger partial charge in [-0.1, -0.05) is 12.1 Å². The molecule has 2 aromatic rings. The molecule has 0 saturated heterocycles. The monoisotopic (exact) mass is 273 g/mol. The van der Waals surface area contributed by atoms with Gasteiger partial charge in [-0.05, 0) is 29.8 Å². The van der Waals surface area contributed by atoms with Crippen molar-refractivity contribution in [3.63, 3.8) is 0 Å². The van der Waals surface area contributed by atoms with E-state index < -0.39 is 28.9 Å². The van der Waals surface area contributed by atoms with E-state index in [-0.39, 0.29) is 11.3 Å². The van der Waals surface area contributed by atoms with Crippen LogP contribution in [0.1, 0.15) is 5.56 Å². The average molecular weight is 273 g/mol. The van der Waals surface area contributed by atoms with Crippen LogP contribution in [-0.2, 0) is 6.18 Å². The lowest BCUT2D eigenvalue weighted by atomic mass is 10.0. The second-order valence-electron chi connectivity index (χ2n) is 3.90. The summed E-state index contributed by atoms with van der Waals surface area (Å²) in [6, 6.07) is 5.71. The van der Waals surface area contributed by atoms with Gasteiger partial charge in [0.25, 0.3) is 0 Å². The Kier molecular flexibility index (Phi) is 3.18. The Hall–Kier alpha value is -2.11. The smallest absolute Gasteiger partial charge is 0.396 e. The molecular formula is C13H8F5N. The summed E-state index contributed by atoms with van der Waals surface area (Å²) in [5, 5.41) is 0. The highest BCUT2D eigenvalue weighted by atomic mass is 19.4. The summed E-state index contributed by atoms with van der Waals surface area (Å²) in [4.78, 5) is 0. The zero-order valence-corrected chi connectivity index (χ0v) is 9.43. The first-order valence-corrected chi connectivity index (χ1v) is 5.22. The Bertz CT molecular complexity index is 619. The van der Waals surface area contributed by atoms with Gasteiger partial charge in [0.2, 0.25) is 0 Å². The molecule has 0 saturated carbocycles. The van der Waals surface area contributed by atoms with E-state index in [1.807, 2.05) is 0 Å². The van der Waals surface area contributed by atoms with E-state index >= 15 is 0 Å². The average Bonchev–Trinajstić information content (AvgIpc) is 2.34. The van der Waals surface area contributed by atoms with Crippen LogP contribution in [0.15, 0.2) is 36.4 Å². The first-order valence-electron chi connectivity index (χ1n) is 5.22. The summed E-state index contributed by atoms with van der Waals surface area (Å²) in [5.41, 5.74) is 3.21. The molecule has 0 aliphatic rings. The summed E-state index contributed by atoms with van der Waals surface area (Å²) < 4.78 is 65.0. The maximum absolute atomic E-state index is 13.7. The Balaban J connectivity index is 2.64. The topological polar surface area (TPSA) is 26.0 Å². The number of nitrogen functional groups attached to an aromatic ring is 1. The van der Waals surface area contributed by atoms with Gasteiger partial charge in [0.1, 0.15) is 5.82 Å². The molecule has 19 heavy (non-hydrogen) atoms. The summed E-state index contributed by atoms with van der Waals surface area (Å²) in [7, 11) is 0. The molecule has 2 N–H and O–H groups in total. The fraction of sp³-hybridized carbons (Fsp3) is 0.0769. The quantitative estimate of drug-likeness (QED) is 0.610. The van der Waals surface area contributed by atoms with Crippen molar-refractivity contribution in [1.82, 2.24) is 0 Å². The number of benzene rings is 2. The number of anilines is 1. The van der Waals surface area contributed by atoms with E-state index in [9.17, 15) is 22.0 Å². The van der Waals surface area contributed by atoms with Gasteiger partial charge in [0, 0.05) is 0 Å². The molecule has 100 valence electrons. The second-order valence-corrected chi connectivity index (χ2v) is 3.90. The van der Waals surface area contributed by atoms with E-state index in [1.165, 1.54) is 6.07 Å². The third-order valence-corrected chi connectivity index (χ3v) is 2.60. The van der Waals surface area contributed by atoms with Gasteiger partial charge >= 0.3 is 6.18 Å². The largest absolute Gasteiger partial charge is 0.416 e. The lowest BCUT2D eigenvalue weighted by Gasteiger charge is -2.11. The zero-order valence-electron chi connectivity index (χ0n) is 9.43. The SMILES string of the molecule is Nc1ccc(F)c(-c2cccc(C(F)(F)F)c2)c1F. The van der Waals surface area contributed by atoms with Crippen molar-refractivity contribution in [2.75, 3.05) is 5.73 Å². The zero-order chi connectivity index (χ0) is 14.2. The summed E-state index contributed by atoms with van der Waals surface area (Å²) in [6.07, 6.45) is -4.58. The minimum Gasteiger partial charge on any atom is -0.396 e. The summed E-state index contributed by atoms with van der Waals surface area (Å²) >= 11 is 0. The molecule has 0 bridgehead atoms. The molecule has 0 amide bonds. The highest BCUT2D eigenvalue weighted by molar-refractivity contribution is 5.69. The molecule has 0 aliphatic carbocycles. The van der Waals surface area contributed by atoms with Crippen LogP contribution in [0.25, 0.3) is 11.1 Å². The fourth-order valence-electron chi connectivity index (χ4n) is 1.68. The summed E-state index contributed by atoms with van der Waals surface area (Å²) in [6.45, 7) is 0. The van der Waals surface area contributed by atoms with Gasteiger partial charge in [-0.3, -0.25) is 0 Å². The highest BCUT2D eigenvalue weighted by Crippen LogP contribution is 2.34. The number of rotatable bonds is 1. The first kappa shape index (κ1) is 13.3. The minimum atomic E-state index is -4.58. The number of alkyl halides is 3. The van der Waals surface area contributed by atoms with Crippen molar-refractivity contribution in [3.8, 4) is 11.1 Å². The second kappa shape index (κ2) is 4.53. The standard InChI is InChI=1S/C13H8F5N/c14-9-4-5-10(19)12(15)11(9)7-2-1-3-8(6-7)13(16,17)18/h1-6H,19H2. The van der Waals surface area contributed by atoms with Gasteiger partial charge in [-0.15, -0.1) is 0 Å². The molecule has 0 spiro atoms. The van der Waals surface area contributed by atoms with E-state index in [0.29, 0.717) is 6.07 Å². The lowest BCUT2D eigenvalue weighted by Crippen LogP contribution is -2.05. The maximum Gasteiger partial charge on any atom is 0.416 e. The van der Waals surface area contributed by atoms with Gasteiger partial charge in [0.05, 0.1) is 16.8 Å². The van der Waals surface area contributed by atoms with Crippen molar-refractivity contribution >= 4 is 5.69 Å². The number of nitrogens with two attached hydrogens (primary N) is 1. The van der Waals surface area contributed by atoms with Crippen molar-refractivity contribution in [1.29, 1.82) is 0 Å². The van der Waals surface area contributed by atoms with E-state index in [0.717, 1.165) is 24.3 Å². The first-order chi connectivity index (χ1) is 8.80. The van der Waals surface area contributed by atoms with E-state index in [4.69, 9.17) is 5.73 Å². The van der Waals surface area contributed by atoms with Crippen LogP contribution in [0.4, 0.5) is 27.6 Å². The fourth-order valence-corrected chi connectivity index (χ4v) is 1.68. The molecular weight excluding hydrogens is 265 g/mol. The number of hydrogen-bond acceptors (Lipinski definition) is 1. The highest BCUT2D eigenvalue weighted by Gasteiger charge is 2.31. The third kappa shape index (κ3) is 2.52. The third-order valence-electron chi connectivity index (χ3n) is 2.60. The van der Waals surface area contributed by atoms with Gasteiger partial charge < -0.3 is 5.73 Å². The Labute approximate surface area is 105 Å². The van der Waals surface area contributed by atoms with Crippen LogP contribution in [0, 0.1) is 11.6 Å². The van der Waals surface area contributed by atoms with Crippen LogP contribution in [0.3, 0.4) is 0 Å². The Morgan fingerprint density at radius 2 is 1.63 bits per heavy atom. The molecule has 1 nitrogen and oxygen atoms in total. The number of halogens is 5. The van der Waals surface area contributed by atoms with Crippen LogP contribution >= 0.6 is 0 Å². The Morgan fingerprint density at radius 3 is 2.26 bits per heavy atom. The van der Waals surface area contributed by atoms with Crippen LogP contribution in [0.5, 0.6) is 0 Å². The maximum atomic E-state index is 13.7. The molecule has 2 rings (SSSR count). The number of hydrogen-bond donors (Lipinski definition) is 1. The summed E-state index contributed by atoms with van der Waals surface area (Å²) in [5.74, 6) is -2.04. The molecule has 0 unspecified atom stereocenters. The predicted octanol–water partition coefficient (Wildman–Crippen LogP) is 4.23. The van der Waals surface area contributed by atoms with Crippen molar-refractivity contribution in [2.45, 2.75) is 6.18 Å². The Morgan fingerprint density at radius 1 is 0.947 bits per heavy atom. The molecule has 0 heterocycles. The molecule has 2 aromatic carbocycles. The van der Waals surface area contributed by atoms with E-state index in [1.54, 1.807) is 0 Å². The van der Waals surface area contributed by atoms with Crippen molar-refractivity contribution in [3.05, 3.63) is 53.6 Å². The molecule has 0 radical (unpaired) electrons. The van der Waals surface area contributed by atoms with Gasteiger partial charge in [-0.2, -0.15) is 13.2 Å². The van der Waals surface area contributed by atoms with Crippen LogP contribution < -0.4 is 5.73 Å². The predicted molar refractivity (Wildman–Crippen MR) is 61.2 cm³/mol. The van der Waals surface area contributed by atoms with Gasteiger partial charge in [0.15, 0.2) is 5.82 Å². The molecule has 6 heteroatoms. The van der Waals surface area contributed by atoms with Crippen LogP contribution in [-0.4, -0.2) is 0 Å². The molecule has 0 atom stereocenters. The van der Waals surface area contributed by atoms with Gasteiger partial charge in [-0.25, -0.2) is 8.78 Å².